The Labute approximate surface area is 92.7 Å². The molecular formula is C10H22N2O2S. The van der Waals surface area contributed by atoms with Gasteiger partial charge in [-0.25, -0.2) is 13.1 Å². The largest absolute Gasteiger partial charge is 0.324 e. The topological polar surface area (TPSA) is 72.2 Å². The summed E-state index contributed by atoms with van der Waals surface area (Å²) in [4.78, 5) is 0. The van der Waals surface area contributed by atoms with Crippen molar-refractivity contribution in [3.8, 4) is 0 Å². The first-order valence-electron chi connectivity index (χ1n) is 5.67. The minimum absolute atomic E-state index is 0.274. The molecule has 0 aliphatic heterocycles. The summed E-state index contributed by atoms with van der Waals surface area (Å²) in [5, 5.41) is 0. The SMILES string of the molecule is CCC(N)(CC)CNS(=O)(=O)CC1CC1. The molecule has 1 fully saturated rings. The van der Waals surface area contributed by atoms with Crippen LogP contribution < -0.4 is 10.5 Å². The predicted octanol–water partition coefficient (Wildman–Crippen LogP) is 0.833. The fourth-order valence-electron chi connectivity index (χ4n) is 1.41. The molecule has 0 aromatic carbocycles. The number of rotatable bonds is 7. The van der Waals surface area contributed by atoms with Crippen molar-refractivity contribution in [2.24, 2.45) is 11.7 Å². The van der Waals surface area contributed by atoms with Gasteiger partial charge in [-0.1, -0.05) is 13.8 Å². The normalized spacial score (nSPS) is 18.1. The Balaban J connectivity index is 2.40. The molecule has 0 bridgehead atoms. The van der Waals surface area contributed by atoms with Gasteiger partial charge >= 0.3 is 0 Å². The van der Waals surface area contributed by atoms with Crippen molar-refractivity contribution in [1.29, 1.82) is 0 Å². The maximum atomic E-state index is 11.6. The van der Waals surface area contributed by atoms with E-state index in [4.69, 9.17) is 5.73 Å². The van der Waals surface area contributed by atoms with Crippen molar-refractivity contribution in [1.82, 2.24) is 4.72 Å². The Morgan fingerprint density at radius 2 is 1.87 bits per heavy atom. The summed E-state index contributed by atoms with van der Waals surface area (Å²) in [6.45, 7) is 4.33. The van der Waals surface area contributed by atoms with Gasteiger partial charge in [0.1, 0.15) is 0 Å². The lowest BCUT2D eigenvalue weighted by molar-refractivity contribution is 0.391. The molecule has 1 aliphatic rings. The van der Waals surface area contributed by atoms with Crippen LogP contribution in [0.25, 0.3) is 0 Å². The van der Waals surface area contributed by atoms with E-state index in [0.717, 1.165) is 25.7 Å². The lowest BCUT2D eigenvalue weighted by Crippen LogP contribution is -2.49. The number of hydrogen-bond acceptors (Lipinski definition) is 3. The molecule has 5 heteroatoms. The molecule has 1 saturated carbocycles. The highest BCUT2D eigenvalue weighted by atomic mass is 32.2. The van der Waals surface area contributed by atoms with E-state index in [0.29, 0.717) is 12.5 Å². The summed E-state index contributed by atoms with van der Waals surface area (Å²) in [6, 6.07) is 0. The predicted molar refractivity (Wildman–Crippen MR) is 62.0 cm³/mol. The van der Waals surface area contributed by atoms with E-state index in [2.05, 4.69) is 4.72 Å². The van der Waals surface area contributed by atoms with Gasteiger partial charge in [-0.2, -0.15) is 0 Å². The van der Waals surface area contributed by atoms with Gasteiger partial charge in [-0.05, 0) is 31.6 Å². The molecule has 0 heterocycles. The van der Waals surface area contributed by atoms with Crippen molar-refractivity contribution in [3.63, 3.8) is 0 Å². The van der Waals surface area contributed by atoms with Crippen molar-refractivity contribution in [2.75, 3.05) is 12.3 Å². The van der Waals surface area contributed by atoms with Crippen molar-refractivity contribution >= 4 is 10.0 Å². The minimum Gasteiger partial charge on any atom is -0.324 e. The van der Waals surface area contributed by atoms with Gasteiger partial charge in [0.2, 0.25) is 10.0 Å². The summed E-state index contributed by atoms with van der Waals surface area (Å²) in [5.41, 5.74) is 5.63. The smallest absolute Gasteiger partial charge is 0.211 e. The van der Waals surface area contributed by atoms with E-state index in [1.54, 1.807) is 0 Å². The van der Waals surface area contributed by atoms with Crippen LogP contribution in [-0.2, 0) is 10.0 Å². The van der Waals surface area contributed by atoms with Gasteiger partial charge in [0, 0.05) is 12.1 Å². The molecule has 0 aromatic heterocycles. The van der Waals surface area contributed by atoms with Gasteiger partial charge in [0.15, 0.2) is 0 Å². The van der Waals surface area contributed by atoms with E-state index in [1.807, 2.05) is 13.8 Å². The molecule has 0 atom stereocenters. The van der Waals surface area contributed by atoms with Crippen LogP contribution in [0.1, 0.15) is 39.5 Å². The summed E-state index contributed by atoms with van der Waals surface area (Å²) < 4.78 is 25.8. The van der Waals surface area contributed by atoms with Crippen LogP contribution in [-0.4, -0.2) is 26.3 Å². The Morgan fingerprint density at radius 1 is 1.33 bits per heavy atom. The highest BCUT2D eigenvalue weighted by molar-refractivity contribution is 7.89. The number of hydrogen-bond donors (Lipinski definition) is 2. The Morgan fingerprint density at radius 3 is 2.27 bits per heavy atom. The molecular weight excluding hydrogens is 212 g/mol. The Bertz CT molecular complexity index is 293. The maximum Gasteiger partial charge on any atom is 0.211 e. The second-order valence-corrected chi connectivity index (χ2v) is 6.47. The molecule has 90 valence electrons. The fourth-order valence-corrected chi connectivity index (χ4v) is 2.99. The lowest BCUT2D eigenvalue weighted by atomic mass is 9.95. The van der Waals surface area contributed by atoms with Gasteiger partial charge in [-0.3, -0.25) is 0 Å². The molecule has 3 N–H and O–H groups in total. The van der Waals surface area contributed by atoms with E-state index < -0.39 is 15.6 Å². The third-order valence-corrected chi connectivity index (χ3v) is 4.70. The van der Waals surface area contributed by atoms with Crippen LogP contribution in [0, 0.1) is 5.92 Å². The van der Waals surface area contributed by atoms with Crippen LogP contribution in [0.4, 0.5) is 0 Å². The van der Waals surface area contributed by atoms with Gasteiger partial charge in [0.25, 0.3) is 0 Å². The zero-order valence-electron chi connectivity index (χ0n) is 9.62. The standard InChI is InChI=1S/C10H22N2O2S/c1-3-10(11,4-2)8-12-15(13,14)7-9-5-6-9/h9,12H,3-8,11H2,1-2H3. The van der Waals surface area contributed by atoms with Crippen molar-refractivity contribution < 1.29 is 8.42 Å². The number of nitrogens with one attached hydrogen (secondary N) is 1. The third-order valence-electron chi connectivity index (χ3n) is 3.20. The second-order valence-electron chi connectivity index (χ2n) is 4.62. The Hall–Kier alpha value is -0.130. The average Bonchev–Trinajstić information content (AvgIpc) is 2.98. The van der Waals surface area contributed by atoms with E-state index in [-0.39, 0.29) is 5.75 Å². The molecule has 4 nitrogen and oxygen atoms in total. The van der Waals surface area contributed by atoms with Crippen LogP contribution >= 0.6 is 0 Å². The average molecular weight is 234 g/mol. The first-order valence-corrected chi connectivity index (χ1v) is 7.32. The Kier molecular flexibility index (Phi) is 4.14. The highest BCUT2D eigenvalue weighted by Gasteiger charge is 2.29. The second kappa shape index (κ2) is 4.80. The van der Waals surface area contributed by atoms with Crippen LogP contribution in [0.2, 0.25) is 0 Å². The van der Waals surface area contributed by atoms with Gasteiger partial charge in [-0.15, -0.1) is 0 Å². The van der Waals surface area contributed by atoms with Crippen molar-refractivity contribution in [3.05, 3.63) is 0 Å². The summed E-state index contributed by atoms with van der Waals surface area (Å²) in [7, 11) is -3.10. The summed E-state index contributed by atoms with van der Waals surface area (Å²) in [5.74, 6) is 0.661. The maximum absolute atomic E-state index is 11.6. The molecule has 0 saturated heterocycles. The monoisotopic (exact) mass is 234 g/mol. The van der Waals surface area contributed by atoms with E-state index >= 15 is 0 Å². The van der Waals surface area contributed by atoms with E-state index in [9.17, 15) is 8.42 Å². The van der Waals surface area contributed by atoms with Crippen LogP contribution in [0.15, 0.2) is 0 Å². The first kappa shape index (κ1) is 12.9. The van der Waals surface area contributed by atoms with Gasteiger partial charge < -0.3 is 5.73 Å². The lowest BCUT2D eigenvalue weighted by Gasteiger charge is -2.26. The molecule has 0 radical (unpaired) electrons. The summed E-state index contributed by atoms with van der Waals surface area (Å²) in [6.07, 6.45) is 3.68. The zero-order chi connectivity index (χ0) is 11.5. The molecule has 0 unspecified atom stereocenters. The molecule has 15 heavy (non-hydrogen) atoms. The van der Waals surface area contributed by atoms with E-state index in [1.165, 1.54) is 0 Å². The molecule has 0 amide bonds. The van der Waals surface area contributed by atoms with Crippen LogP contribution in [0.3, 0.4) is 0 Å². The molecule has 0 spiro atoms. The fraction of sp³-hybridized carbons (Fsp3) is 1.00. The highest BCUT2D eigenvalue weighted by Crippen LogP contribution is 2.30. The minimum atomic E-state index is -3.10. The summed E-state index contributed by atoms with van der Waals surface area (Å²) >= 11 is 0. The van der Waals surface area contributed by atoms with Gasteiger partial charge in [0.05, 0.1) is 5.75 Å². The number of nitrogens with two attached hydrogens (primary N) is 1. The zero-order valence-corrected chi connectivity index (χ0v) is 10.4. The molecule has 1 aliphatic carbocycles. The van der Waals surface area contributed by atoms with Crippen molar-refractivity contribution in [2.45, 2.75) is 45.1 Å². The third kappa shape index (κ3) is 4.49. The van der Waals surface area contributed by atoms with Crippen LogP contribution in [0.5, 0.6) is 0 Å². The first-order chi connectivity index (χ1) is 6.91. The molecule has 1 rings (SSSR count). The quantitative estimate of drug-likeness (QED) is 0.685. The molecule has 0 aromatic rings. The number of sulfonamides is 1.